The van der Waals surface area contributed by atoms with Gasteiger partial charge in [-0.15, -0.1) is 0 Å². The zero-order valence-electron chi connectivity index (χ0n) is 10.4. The number of rotatable bonds is 3. The Morgan fingerprint density at radius 3 is 3.11 bits per heavy atom. The van der Waals surface area contributed by atoms with E-state index >= 15 is 0 Å². The van der Waals surface area contributed by atoms with Crippen molar-refractivity contribution in [3.8, 4) is 0 Å². The minimum absolute atomic E-state index is 0.0237. The Balaban J connectivity index is 2.39. The van der Waals surface area contributed by atoms with E-state index < -0.39 is 4.92 Å². The number of anilines is 1. The number of hydrogen-bond donors (Lipinski definition) is 1. The van der Waals surface area contributed by atoms with E-state index in [0.29, 0.717) is 35.6 Å². The van der Waals surface area contributed by atoms with Crippen LogP contribution >= 0.6 is 15.9 Å². The summed E-state index contributed by atoms with van der Waals surface area (Å²) in [7, 11) is 0. The van der Waals surface area contributed by atoms with E-state index in [0.717, 1.165) is 0 Å². The maximum atomic E-state index is 10.9. The second-order valence-corrected chi connectivity index (χ2v) is 5.06. The van der Waals surface area contributed by atoms with Crippen LogP contribution in [0.5, 0.6) is 0 Å². The highest BCUT2D eigenvalue weighted by Gasteiger charge is 2.27. The highest BCUT2D eigenvalue weighted by molar-refractivity contribution is 9.10. The van der Waals surface area contributed by atoms with Crippen molar-refractivity contribution in [1.29, 1.82) is 0 Å². The average Bonchev–Trinajstić information content (AvgIpc) is 2.41. The fourth-order valence-corrected chi connectivity index (χ4v) is 2.56. The van der Waals surface area contributed by atoms with E-state index in [2.05, 4.69) is 20.9 Å². The van der Waals surface area contributed by atoms with Crippen LogP contribution in [0.2, 0.25) is 0 Å². The quantitative estimate of drug-likeness (QED) is 0.662. The minimum Gasteiger partial charge on any atom is -0.394 e. The van der Waals surface area contributed by atoms with Gasteiger partial charge in [0.15, 0.2) is 0 Å². The van der Waals surface area contributed by atoms with Gasteiger partial charge in [-0.05, 0) is 22.9 Å². The molecule has 2 heterocycles. The summed E-state index contributed by atoms with van der Waals surface area (Å²) in [5.41, 5.74) is 0.502. The Kier molecular flexibility index (Phi) is 4.33. The summed E-state index contributed by atoms with van der Waals surface area (Å²) in [6.45, 7) is 3.17. The van der Waals surface area contributed by atoms with Crippen molar-refractivity contribution in [2.75, 3.05) is 31.3 Å². The number of nitro groups is 1. The zero-order valence-corrected chi connectivity index (χ0v) is 12.0. The topological polar surface area (TPSA) is 88.7 Å². The van der Waals surface area contributed by atoms with E-state index in [9.17, 15) is 15.2 Å². The van der Waals surface area contributed by atoms with Crippen LogP contribution in [0.25, 0.3) is 0 Å². The van der Waals surface area contributed by atoms with Gasteiger partial charge in [0.05, 0.1) is 35.3 Å². The third kappa shape index (κ3) is 2.70. The van der Waals surface area contributed by atoms with Crippen LogP contribution in [0.4, 0.5) is 11.5 Å². The van der Waals surface area contributed by atoms with Crippen molar-refractivity contribution in [2.24, 2.45) is 0 Å². The number of hydrogen-bond acceptors (Lipinski definition) is 6. The molecule has 0 aliphatic carbocycles. The fraction of sp³-hybridized carbons (Fsp3) is 0.545. The molecule has 1 aromatic heterocycles. The van der Waals surface area contributed by atoms with Crippen LogP contribution in [0.15, 0.2) is 10.7 Å². The molecule has 1 atom stereocenters. The molecule has 0 bridgehead atoms. The van der Waals surface area contributed by atoms with Crippen LogP contribution in [0.3, 0.4) is 0 Å². The monoisotopic (exact) mass is 331 g/mol. The summed E-state index contributed by atoms with van der Waals surface area (Å²) in [5.74, 6) is 0.602. The third-order valence-corrected chi connectivity index (χ3v) is 4.08. The number of nitrogens with zero attached hydrogens (tertiary/aromatic N) is 3. The number of aliphatic hydroxyl groups is 1. The van der Waals surface area contributed by atoms with Crippen molar-refractivity contribution in [1.82, 2.24) is 4.98 Å². The van der Waals surface area contributed by atoms with Crippen LogP contribution in [-0.2, 0) is 4.74 Å². The first-order valence-corrected chi connectivity index (χ1v) is 6.60. The zero-order chi connectivity index (χ0) is 14.0. The number of aromatic nitrogens is 1. The molecule has 1 aromatic rings. The van der Waals surface area contributed by atoms with E-state index in [-0.39, 0.29) is 18.3 Å². The summed E-state index contributed by atoms with van der Waals surface area (Å²) >= 11 is 3.36. The predicted octanol–water partition coefficient (Wildman–Crippen LogP) is 1.26. The summed E-state index contributed by atoms with van der Waals surface area (Å²) in [6, 6.07) is -0.182. The van der Waals surface area contributed by atoms with Crippen LogP contribution in [-0.4, -0.2) is 47.4 Å². The van der Waals surface area contributed by atoms with Crippen LogP contribution < -0.4 is 4.90 Å². The maximum absolute atomic E-state index is 10.9. The number of halogens is 1. The molecule has 1 N–H and O–H groups in total. The molecule has 104 valence electrons. The van der Waals surface area contributed by atoms with Gasteiger partial charge in [-0.25, -0.2) is 4.98 Å². The van der Waals surface area contributed by atoms with Gasteiger partial charge in [0, 0.05) is 12.1 Å². The highest BCUT2D eigenvalue weighted by atomic mass is 79.9. The number of ether oxygens (including phenoxy) is 1. The summed E-state index contributed by atoms with van der Waals surface area (Å²) in [4.78, 5) is 16.5. The van der Waals surface area contributed by atoms with E-state index in [4.69, 9.17) is 4.74 Å². The molecule has 0 radical (unpaired) electrons. The molecule has 1 saturated heterocycles. The van der Waals surface area contributed by atoms with Gasteiger partial charge in [0.2, 0.25) is 0 Å². The summed E-state index contributed by atoms with van der Waals surface area (Å²) in [5, 5.41) is 20.2. The number of aliphatic hydroxyl groups excluding tert-OH is 1. The first-order chi connectivity index (χ1) is 9.06. The third-order valence-electron chi connectivity index (χ3n) is 3.13. The SMILES string of the molecule is Cc1c([N+](=O)[O-])cnc(N2CCOCC2CO)c1Br. The largest absolute Gasteiger partial charge is 0.394 e. The predicted molar refractivity (Wildman–Crippen MR) is 72.4 cm³/mol. The minimum atomic E-state index is -0.459. The van der Waals surface area contributed by atoms with Crippen molar-refractivity contribution < 1.29 is 14.8 Å². The molecule has 2 rings (SSSR count). The van der Waals surface area contributed by atoms with Crippen molar-refractivity contribution >= 4 is 27.4 Å². The molecular formula is C11H14BrN3O4. The van der Waals surface area contributed by atoms with Crippen molar-refractivity contribution in [3.05, 3.63) is 26.3 Å². The van der Waals surface area contributed by atoms with Crippen LogP contribution in [0, 0.1) is 17.0 Å². The van der Waals surface area contributed by atoms with Crippen molar-refractivity contribution in [2.45, 2.75) is 13.0 Å². The highest BCUT2D eigenvalue weighted by Crippen LogP contribution is 2.34. The normalized spacial score (nSPS) is 19.5. The Morgan fingerprint density at radius 1 is 1.74 bits per heavy atom. The second-order valence-electron chi connectivity index (χ2n) is 4.27. The molecule has 0 aromatic carbocycles. The molecule has 0 saturated carbocycles. The Hall–Kier alpha value is -1.25. The fourth-order valence-electron chi connectivity index (χ4n) is 2.03. The smallest absolute Gasteiger partial charge is 0.291 e. The van der Waals surface area contributed by atoms with Gasteiger partial charge in [0.1, 0.15) is 12.0 Å². The van der Waals surface area contributed by atoms with Gasteiger partial charge >= 0.3 is 0 Å². The van der Waals surface area contributed by atoms with E-state index in [1.165, 1.54) is 6.20 Å². The van der Waals surface area contributed by atoms with Crippen molar-refractivity contribution in [3.63, 3.8) is 0 Å². The van der Waals surface area contributed by atoms with Gasteiger partial charge in [0.25, 0.3) is 5.69 Å². The summed E-state index contributed by atoms with van der Waals surface area (Å²) in [6.07, 6.45) is 1.25. The Bertz CT molecular complexity index is 497. The first kappa shape index (κ1) is 14.2. The molecule has 8 heteroatoms. The lowest BCUT2D eigenvalue weighted by Crippen LogP contribution is -2.48. The lowest BCUT2D eigenvalue weighted by atomic mass is 10.2. The Labute approximate surface area is 118 Å². The molecule has 1 unspecified atom stereocenters. The molecule has 0 amide bonds. The lowest BCUT2D eigenvalue weighted by molar-refractivity contribution is -0.385. The molecule has 19 heavy (non-hydrogen) atoms. The molecule has 1 aliphatic heterocycles. The van der Waals surface area contributed by atoms with Gasteiger partial charge in [-0.2, -0.15) is 0 Å². The second kappa shape index (κ2) is 5.81. The van der Waals surface area contributed by atoms with E-state index in [1.54, 1.807) is 6.92 Å². The maximum Gasteiger partial charge on any atom is 0.291 e. The number of morpholine rings is 1. The average molecular weight is 332 g/mol. The molecule has 7 nitrogen and oxygen atoms in total. The van der Waals surface area contributed by atoms with Crippen LogP contribution in [0.1, 0.15) is 5.56 Å². The Morgan fingerprint density at radius 2 is 2.47 bits per heavy atom. The number of pyridine rings is 1. The van der Waals surface area contributed by atoms with Gasteiger partial charge < -0.3 is 14.7 Å². The molecule has 0 spiro atoms. The first-order valence-electron chi connectivity index (χ1n) is 5.81. The van der Waals surface area contributed by atoms with Gasteiger partial charge in [-0.3, -0.25) is 10.1 Å². The molecular weight excluding hydrogens is 318 g/mol. The summed E-state index contributed by atoms with van der Waals surface area (Å²) < 4.78 is 5.89. The standard InChI is InChI=1S/C11H14BrN3O4/c1-7-9(15(17)18)4-13-11(10(7)12)14-2-3-19-6-8(14)5-16/h4,8,16H,2-3,5-6H2,1H3. The van der Waals surface area contributed by atoms with E-state index in [1.807, 2.05) is 4.90 Å². The van der Waals surface area contributed by atoms with Gasteiger partial charge in [-0.1, -0.05) is 0 Å². The lowest BCUT2D eigenvalue weighted by Gasteiger charge is -2.36. The molecule has 1 fully saturated rings. The molecule has 1 aliphatic rings.